The zero-order chi connectivity index (χ0) is 10.5. The Bertz CT molecular complexity index is 267. The summed E-state index contributed by atoms with van der Waals surface area (Å²) in [5.74, 6) is 0.758. The van der Waals surface area contributed by atoms with Crippen LogP contribution in [0.3, 0.4) is 0 Å². The lowest BCUT2D eigenvalue weighted by atomic mass is 9.85. The third-order valence-corrected chi connectivity index (χ3v) is 4.03. The van der Waals surface area contributed by atoms with E-state index in [1.807, 2.05) is 11.6 Å². The number of nitrogens with zero attached hydrogens (tertiary/aromatic N) is 1. The third kappa shape index (κ3) is 3.58. The summed E-state index contributed by atoms with van der Waals surface area (Å²) in [6.45, 7) is 0. The van der Waals surface area contributed by atoms with Crippen LogP contribution in [-0.4, -0.2) is 16.2 Å². The summed E-state index contributed by atoms with van der Waals surface area (Å²) in [5.41, 5.74) is 0. The molecule has 0 amide bonds. The molecule has 0 radical (unpaired) electrons. The molecule has 1 saturated carbocycles. The lowest BCUT2D eigenvalue weighted by Gasteiger charge is -2.23. The van der Waals surface area contributed by atoms with E-state index in [1.54, 1.807) is 11.3 Å². The first-order valence-corrected chi connectivity index (χ1v) is 6.79. The van der Waals surface area contributed by atoms with Gasteiger partial charge in [-0.1, -0.05) is 32.1 Å². The average molecular weight is 225 g/mol. The highest BCUT2D eigenvalue weighted by atomic mass is 32.1. The van der Waals surface area contributed by atoms with Crippen LogP contribution >= 0.6 is 11.3 Å². The molecule has 3 heteroatoms. The molecule has 1 heterocycles. The topological polar surface area (TPSA) is 33.1 Å². The Morgan fingerprint density at radius 2 is 2.20 bits per heavy atom. The maximum atomic E-state index is 9.94. The van der Waals surface area contributed by atoms with E-state index < -0.39 is 0 Å². The van der Waals surface area contributed by atoms with E-state index in [4.69, 9.17) is 0 Å². The van der Waals surface area contributed by atoms with E-state index in [1.165, 1.54) is 32.1 Å². The molecule has 1 N–H and O–H groups in total. The summed E-state index contributed by atoms with van der Waals surface area (Å²) in [6.07, 6.45) is 10.1. The predicted octanol–water partition coefficient (Wildman–Crippen LogP) is 3.02. The van der Waals surface area contributed by atoms with Crippen molar-refractivity contribution in [3.8, 4) is 0 Å². The van der Waals surface area contributed by atoms with Gasteiger partial charge in [-0.3, -0.25) is 0 Å². The van der Waals surface area contributed by atoms with Crippen molar-refractivity contribution in [3.63, 3.8) is 0 Å². The molecular formula is C12H19NOS. The Labute approximate surface area is 95.4 Å². The fourth-order valence-electron chi connectivity index (χ4n) is 2.45. The summed E-state index contributed by atoms with van der Waals surface area (Å²) in [4.78, 5) is 4.21. The Morgan fingerprint density at radius 1 is 1.40 bits per heavy atom. The second-order valence-electron chi connectivity index (χ2n) is 4.52. The third-order valence-electron chi connectivity index (χ3n) is 3.22. The Balaban J connectivity index is 1.74. The molecule has 1 aromatic heterocycles. The molecule has 15 heavy (non-hydrogen) atoms. The fraction of sp³-hybridized carbons (Fsp3) is 0.750. The van der Waals surface area contributed by atoms with Gasteiger partial charge in [-0.05, 0) is 12.3 Å². The van der Waals surface area contributed by atoms with Gasteiger partial charge in [0.2, 0.25) is 0 Å². The normalized spacial score (nSPS) is 20.3. The molecule has 2 rings (SSSR count). The van der Waals surface area contributed by atoms with Gasteiger partial charge in [-0.25, -0.2) is 4.98 Å². The SMILES string of the molecule is OC(Cc1nccs1)CC1CCCCC1. The highest BCUT2D eigenvalue weighted by molar-refractivity contribution is 7.09. The van der Waals surface area contributed by atoms with Gasteiger partial charge in [0, 0.05) is 18.0 Å². The van der Waals surface area contributed by atoms with E-state index >= 15 is 0 Å². The average Bonchev–Trinajstić information content (AvgIpc) is 2.71. The van der Waals surface area contributed by atoms with Gasteiger partial charge in [-0.2, -0.15) is 0 Å². The first kappa shape index (κ1) is 11.1. The maximum Gasteiger partial charge on any atom is 0.0950 e. The molecule has 1 fully saturated rings. The van der Waals surface area contributed by atoms with Gasteiger partial charge in [0.15, 0.2) is 0 Å². The minimum absolute atomic E-state index is 0.181. The molecule has 0 aromatic carbocycles. The molecular weight excluding hydrogens is 206 g/mol. The predicted molar refractivity (Wildman–Crippen MR) is 63.0 cm³/mol. The molecule has 1 atom stereocenters. The molecule has 84 valence electrons. The van der Waals surface area contributed by atoms with Gasteiger partial charge in [0.25, 0.3) is 0 Å². The van der Waals surface area contributed by atoms with Crippen LogP contribution in [0.5, 0.6) is 0 Å². The minimum atomic E-state index is -0.181. The van der Waals surface area contributed by atoms with Gasteiger partial charge in [0.05, 0.1) is 11.1 Å². The first-order chi connectivity index (χ1) is 7.34. The van der Waals surface area contributed by atoms with Crippen molar-refractivity contribution in [1.82, 2.24) is 4.98 Å². The summed E-state index contributed by atoms with van der Waals surface area (Å²) in [6, 6.07) is 0. The highest BCUT2D eigenvalue weighted by Gasteiger charge is 2.18. The molecule has 0 saturated heterocycles. The van der Waals surface area contributed by atoms with Crippen LogP contribution in [-0.2, 0) is 6.42 Å². The van der Waals surface area contributed by atoms with Crippen molar-refractivity contribution in [2.45, 2.75) is 51.0 Å². The van der Waals surface area contributed by atoms with Crippen molar-refractivity contribution in [3.05, 3.63) is 16.6 Å². The smallest absolute Gasteiger partial charge is 0.0950 e. The highest BCUT2D eigenvalue weighted by Crippen LogP contribution is 2.28. The zero-order valence-corrected chi connectivity index (χ0v) is 9.88. The van der Waals surface area contributed by atoms with Crippen LogP contribution in [0.15, 0.2) is 11.6 Å². The van der Waals surface area contributed by atoms with Crippen LogP contribution in [0.4, 0.5) is 0 Å². The number of hydrogen-bond donors (Lipinski definition) is 1. The van der Waals surface area contributed by atoms with Crippen molar-refractivity contribution >= 4 is 11.3 Å². The Kier molecular flexibility index (Phi) is 4.15. The molecule has 1 unspecified atom stereocenters. The standard InChI is InChI=1S/C12H19NOS/c14-11(9-12-13-6-7-15-12)8-10-4-2-1-3-5-10/h6-7,10-11,14H,1-5,8-9H2. The lowest BCUT2D eigenvalue weighted by molar-refractivity contribution is 0.130. The number of aliphatic hydroxyl groups is 1. The summed E-state index contributed by atoms with van der Waals surface area (Å²) < 4.78 is 0. The van der Waals surface area contributed by atoms with E-state index in [-0.39, 0.29) is 6.10 Å². The molecule has 0 bridgehead atoms. The molecule has 1 aliphatic rings. The fourth-order valence-corrected chi connectivity index (χ4v) is 3.14. The van der Waals surface area contributed by atoms with E-state index in [2.05, 4.69) is 4.98 Å². The number of thiazole rings is 1. The van der Waals surface area contributed by atoms with Gasteiger partial charge >= 0.3 is 0 Å². The molecule has 1 aromatic rings. The van der Waals surface area contributed by atoms with Crippen molar-refractivity contribution < 1.29 is 5.11 Å². The quantitative estimate of drug-likeness (QED) is 0.854. The summed E-state index contributed by atoms with van der Waals surface area (Å²) >= 11 is 1.64. The minimum Gasteiger partial charge on any atom is -0.393 e. The van der Waals surface area contributed by atoms with Crippen LogP contribution in [0.1, 0.15) is 43.5 Å². The molecule has 0 spiro atoms. The number of hydrogen-bond acceptors (Lipinski definition) is 3. The van der Waals surface area contributed by atoms with E-state index in [9.17, 15) is 5.11 Å². The van der Waals surface area contributed by atoms with Crippen molar-refractivity contribution in [1.29, 1.82) is 0 Å². The molecule has 1 aliphatic carbocycles. The first-order valence-electron chi connectivity index (χ1n) is 5.91. The molecule has 2 nitrogen and oxygen atoms in total. The van der Waals surface area contributed by atoms with Gasteiger partial charge in [-0.15, -0.1) is 11.3 Å². The Morgan fingerprint density at radius 3 is 2.87 bits per heavy atom. The van der Waals surface area contributed by atoms with Gasteiger partial charge in [0.1, 0.15) is 0 Å². The lowest BCUT2D eigenvalue weighted by Crippen LogP contribution is -2.18. The second kappa shape index (κ2) is 5.61. The van der Waals surface area contributed by atoms with Crippen LogP contribution < -0.4 is 0 Å². The van der Waals surface area contributed by atoms with E-state index in [0.29, 0.717) is 0 Å². The number of rotatable bonds is 4. The van der Waals surface area contributed by atoms with Crippen LogP contribution in [0.2, 0.25) is 0 Å². The van der Waals surface area contributed by atoms with Gasteiger partial charge < -0.3 is 5.11 Å². The molecule has 0 aliphatic heterocycles. The number of aliphatic hydroxyl groups excluding tert-OH is 1. The van der Waals surface area contributed by atoms with Crippen LogP contribution in [0.25, 0.3) is 0 Å². The van der Waals surface area contributed by atoms with Crippen molar-refractivity contribution in [2.75, 3.05) is 0 Å². The summed E-state index contributed by atoms with van der Waals surface area (Å²) in [7, 11) is 0. The maximum absolute atomic E-state index is 9.94. The Hall–Kier alpha value is -0.410. The zero-order valence-electron chi connectivity index (χ0n) is 9.06. The number of aromatic nitrogens is 1. The van der Waals surface area contributed by atoms with Crippen LogP contribution in [0, 0.1) is 5.92 Å². The second-order valence-corrected chi connectivity index (χ2v) is 5.50. The summed E-state index contributed by atoms with van der Waals surface area (Å²) in [5, 5.41) is 13.0. The van der Waals surface area contributed by atoms with E-state index in [0.717, 1.165) is 23.8 Å². The monoisotopic (exact) mass is 225 g/mol. The van der Waals surface area contributed by atoms with Crippen molar-refractivity contribution in [2.24, 2.45) is 5.92 Å². The largest absolute Gasteiger partial charge is 0.393 e.